The highest BCUT2D eigenvalue weighted by Crippen LogP contribution is 2.32. The maximum Gasteiger partial charge on any atom is 0.338 e. The van der Waals surface area contributed by atoms with Crippen molar-refractivity contribution in [3.63, 3.8) is 0 Å². The number of thiazole rings is 1. The molecule has 9 nitrogen and oxygen atoms in total. The highest BCUT2D eigenvalue weighted by molar-refractivity contribution is 7.07. The number of rotatable bonds is 9. The molecule has 0 unspecified atom stereocenters. The van der Waals surface area contributed by atoms with Gasteiger partial charge in [-0.15, -0.1) is 0 Å². The molecule has 42 heavy (non-hydrogen) atoms. The van der Waals surface area contributed by atoms with Gasteiger partial charge in [-0.2, -0.15) is 0 Å². The average molecular weight is 610 g/mol. The van der Waals surface area contributed by atoms with Crippen molar-refractivity contribution < 1.29 is 23.8 Å². The van der Waals surface area contributed by atoms with Gasteiger partial charge in [0.2, 0.25) is 0 Å². The number of esters is 1. The molecule has 1 aromatic heterocycles. The number of hydrogen-bond acceptors (Lipinski definition) is 8. The number of halogens is 1. The summed E-state index contributed by atoms with van der Waals surface area (Å²) in [5.74, 6) is 0.370. The Morgan fingerprint density at radius 3 is 2.48 bits per heavy atom. The summed E-state index contributed by atoms with van der Waals surface area (Å²) in [6, 6.07) is 11.6. The van der Waals surface area contributed by atoms with Crippen LogP contribution in [0.1, 0.15) is 50.8 Å². The van der Waals surface area contributed by atoms with Gasteiger partial charge in [0.1, 0.15) is 0 Å². The van der Waals surface area contributed by atoms with Gasteiger partial charge in [0.15, 0.2) is 22.9 Å². The fraction of sp³-hybridized carbons (Fsp3) is 0.355. The number of hydrogen-bond donors (Lipinski definition) is 0. The Morgan fingerprint density at radius 2 is 1.79 bits per heavy atom. The summed E-state index contributed by atoms with van der Waals surface area (Å²) in [5, 5.41) is 0.544. The van der Waals surface area contributed by atoms with Crippen LogP contribution < -0.4 is 24.4 Å². The zero-order valence-corrected chi connectivity index (χ0v) is 25.3. The van der Waals surface area contributed by atoms with E-state index in [0.29, 0.717) is 54.9 Å². The van der Waals surface area contributed by atoms with Crippen molar-refractivity contribution in [2.45, 2.75) is 39.7 Å². The van der Waals surface area contributed by atoms with Gasteiger partial charge in [0.05, 0.1) is 35.1 Å². The summed E-state index contributed by atoms with van der Waals surface area (Å²) in [6.45, 7) is 7.40. The Kier molecular flexibility index (Phi) is 9.13. The summed E-state index contributed by atoms with van der Waals surface area (Å²) in [5.41, 5.74) is 1.94. The first-order valence-electron chi connectivity index (χ1n) is 13.9. The summed E-state index contributed by atoms with van der Waals surface area (Å²) in [7, 11) is 0. The van der Waals surface area contributed by atoms with Crippen LogP contribution in [0.25, 0.3) is 6.08 Å². The lowest BCUT2D eigenvalue weighted by molar-refractivity contribution is -0.139. The van der Waals surface area contributed by atoms with Crippen LogP contribution in [-0.2, 0) is 14.3 Å². The Balaban J connectivity index is 1.52. The molecule has 1 fully saturated rings. The van der Waals surface area contributed by atoms with Crippen LogP contribution in [0.5, 0.6) is 11.5 Å². The van der Waals surface area contributed by atoms with Gasteiger partial charge in [0.25, 0.3) is 11.5 Å². The van der Waals surface area contributed by atoms with Crippen molar-refractivity contribution in [1.29, 1.82) is 0 Å². The van der Waals surface area contributed by atoms with Gasteiger partial charge in [0, 0.05) is 18.1 Å². The SMILES string of the molecule is CCOC(=O)C1=C(C)N=c2s/c(=C/c3ccc(OCC(=O)N4CCCC4)c(OCC)c3)c(=O)n2[C@H]1c1ccc(Cl)cc1. The first kappa shape index (κ1) is 29.6. The van der Waals surface area contributed by atoms with Crippen molar-refractivity contribution >= 4 is 40.9 Å². The van der Waals surface area contributed by atoms with E-state index in [2.05, 4.69) is 4.99 Å². The topological polar surface area (TPSA) is 99.4 Å². The number of aromatic nitrogens is 1. The number of nitrogens with zero attached hydrogens (tertiary/aromatic N) is 3. The van der Waals surface area contributed by atoms with Crippen LogP contribution in [0.15, 0.2) is 63.5 Å². The number of allylic oxidation sites excluding steroid dienone is 1. The molecule has 2 aliphatic heterocycles. The summed E-state index contributed by atoms with van der Waals surface area (Å²) < 4.78 is 18.9. The van der Waals surface area contributed by atoms with E-state index in [1.807, 2.05) is 13.0 Å². The number of likely N-dealkylation sites (tertiary alicyclic amines) is 1. The molecular formula is C31H32ClN3O6S. The predicted octanol–water partition coefficient (Wildman–Crippen LogP) is 3.85. The van der Waals surface area contributed by atoms with Crippen molar-refractivity contribution in [2.75, 3.05) is 32.9 Å². The second kappa shape index (κ2) is 13.0. The zero-order chi connectivity index (χ0) is 29.8. The molecule has 3 aromatic rings. The van der Waals surface area contributed by atoms with E-state index in [0.717, 1.165) is 25.9 Å². The minimum atomic E-state index is -0.720. The lowest BCUT2D eigenvalue weighted by Crippen LogP contribution is -2.39. The van der Waals surface area contributed by atoms with Crippen LogP contribution in [0.2, 0.25) is 5.02 Å². The van der Waals surface area contributed by atoms with E-state index < -0.39 is 12.0 Å². The molecule has 0 spiro atoms. The van der Waals surface area contributed by atoms with Gasteiger partial charge < -0.3 is 19.1 Å². The standard InChI is InChI=1S/C31H32ClN3O6S/c1-4-39-24-16-20(8-13-23(24)41-18-26(36)34-14-6-7-15-34)17-25-29(37)35-28(21-9-11-22(32)12-10-21)27(30(38)40-5-2)19(3)33-31(35)42-25/h8-13,16-17,28H,4-7,14-15,18H2,1-3H3/b25-17+/t28-/m0/s1. The van der Waals surface area contributed by atoms with Gasteiger partial charge in [-0.05, 0) is 75.1 Å². The number of ether oxygens (including phenoxy) is 3. The monoisotopic (exact) mass is 609 g/mol. The first-order valence-corrected chi connectivity index (χ1v) is 15.1. The van der Waals surface area contributed by atoms with E-state index in [-0.39, 0.29) is 24.7 Å². The molecular weight excluding hydrogens is 578 g/mol. The molecule has 1 atom stereocenters. The lowest BCUT2D eigenvalue weighted by Gasteiger charge is -2.24. The number of carbonyl (C=O) groups excluding carboxylic acids is 2. The third-order valence-electron chi connectivity index (χ3n) is 7.08. The molecule has 5 rings (SSSR count). The molecule has 0 radical (unpaired) electrons. The van der Waals surface area contributed by atoms with E-state index in [9.17, 15) is 14.4 Å². The first-order chi connectivity index (χ1) is 20.3. The van der Waals surface area contributed by atoms with Crippen LogP contribution in [0.4, 0.5) is 0 Å². The molecule has 11 heteroatoms. The second-order valence-electron chi connectivity index (χ2n) is 9.87. The Labute approximate surface area is 252 Å². The van der Waals surface area contributed by atoms with E-state index >= 15 is 0 Å². The third kappa shape index (κ3) is 6.15. The molecule has 2 aliphatic rings. The largest absolute Gasteiger partial charge is 0.490 e. The fourth-order valence-electron chi connectivity index (χ4n) is 5.10. The van der Waals surface area contributed by atoms with Gasteiger partial charge >= 0.3 is 5.97 Å². The van der Waals surface area contributed by atoms with Gasteiger partial charge in [-0.3, -0.25) is 14.2 Å². The summed E-state index contributed by atoms with van der Waals surface area (Å²) >= 11 is 7.37. The molecule has 1 amide bonds. The van der Waals surface area contributed by atoms with Crippen molar-refractivity contribution in [2.24, 2.45) is 4.99 Å². The summed E-state index contributed by atoms with van der Waals surface area (Å²) in [4.78, 5) is 46.3. The zero-order valence-electron chi connectivity index (χ0n) is 23.7. The van der Waals surface area contributed by atoms with Crippen LogP contribution in [-0.4, -0.2) is 54.3 Å². The summed E-state index contributed by atoms with van der Waals surface area (Å²) in [6.07, 6.45) is 3.79. The van der Waals surface area contributed by atoms with E-state index in [1.165, 1.54) is 15.9 Å². The lowest BCUT2D eigenvalue weighted by atomic mass is 9.96. The Morgan fingerprint density at radius 1 is 1.05 bits per heavy atom. The third-order valence-corrected chi connectivity index (χ3v) is 8.31. The molecule has 0 bridgehead atoms. The highest BCUT2D eigenvalue weighted by atomic mass is 35.5. The van der Waals surface area contributed by atoms with Crippen molar-refractivity contribution in [1.82, 2.24) is 9.47 Å². The smallest absolute Gasteiger partial charge is 0.338 e. The highest BCUT2D eigenvalue weighted by Gasteiger charge is 2.33. The molecule has 3 heterocycles. The normalized spacial score (nSPS) is 16.7. The Bertz CT molecular complexity index is 1700. The average Bonchev–Trinajstić information content (AvgIpc) is 3.61. The predicted molar refractivity (Wildman–Crippen MR) is 161 cm³/mol. The second-order valence-corrected chi connectivity index (χ2v) is 11.3. The van der Waals surface area contributed by atoms with Crippen LogP contribution in [0.3, 0.4) is 0 Å². The number of benzene rings is 2. The number of fused-ring (bicyclic) bond motifs is 1. The molecule has 2 aromatic carbocycles. The van der Waals surface area contributed by atoms with E-state index in [1.54, 1.807) is 61.2 Å². The van der Waals surface area contributed by atoms with Gasteiger partial charge in [-0.25, -0.2) is 9.79 Å². The molecule has 0 aliphatic carbocycles. The molecule has 1 saturated heterocycles. The number of amides is 1. The van der Waals surface area contributed by atoms with E-state index in [4.69, 9.17) is 25.8 Å². The minimum Gasteiger partial charge on any atom is -0.490 e. The van der Waals surface area contributed by atoms with Gasteiger partial charge in [-0.1, -0.05) is 41.1 Å². The van der Waals surface area contributed by atoms with Crippen LogP contribution >= 0.6 is 22.9 Å². The minimum absolute atomic E-state index is 0.0483. The van der Waals surface area contributed by atoms with Crippen LogP contribution in [0, 0.1) is 0 Å². The Hall–Kier alpha value is -3.89. The molecule has 220 valence electrons. The quantitative estimate of drug-likeness (QED) is 0.342. The van der Waals surface area contributed by atoms with Crippen molar-refractivity contribution in [3.8, 4) is 11.5 Å². The molecule has 0 saturated carbocycles. The fourth-order valence-corrected chi connectivity index (χ4v) is 6.28. The maximum absolute atomic E-state index is 13.9. The number of carbonyl (C=O) groups is 2. The van der Waals surface area contributed by atoms with Crippen molar-refractivity contribution in [3.05, 3.63) is 89.6 Å². The molecule has 0 N–H and O–H groups in total. The maximum atomic E-state index is 13.9.